The highest BCUT2D eigenvalue weighted by Gasteiger charge is 2.36. The summed E-state index contributed by atoms with van der Waals surface area (Å²) in [6, 6.07) is 0. The summed E-state index contributed by atoms with van der Waals surface area (Å²) in [7, 11) is 2.32. The number of nitrogens with one attached hydrogen (secondary N) is 1. The van der Waals surface area contributed by atoms with Crippen LogP contribution in [0, 0.1) is 17.3 Å². The third-order valence-electron chi connectivity index (χ3n) is 4.84. The minimum atomic E-state index is 0.609. The van der Waals surface area contributed by atoms with Crippen molar-refractivity contribution in [2.45, 2.75) is 39.5 Å². The van der Waals surface area contributed by atoms with E-state index in [-0.39, 0.29) is 0 Å². The minimum absolute atomic E-state index is 0.609. The number of rotatable bonds is 5. The van der Waals surface area contributed by atoms with Gasteiger partial charge in [-0.2, -0.15) is 0 Å². The molecule has 1 aliphatic carbocycles. The van der Waals surface area contributed by atoms with Crippen LogP contribution in [-0.2, 0) is 0 Å². The van der Waals surface area contributed by atoms with E-state index >= 15 is 0 Å². The van der Waals surface area contributed by atoms with Crippen LogP contribution in [0.2, 0.25) is 0 Å². The Morgan fingerprint density at radius 1 is 1.31 bits per heavy atom. The summed E-state index contributed by atoms with van der Waals surface area (Å²) in [4.78, 5) is 2.60. The van der Waals surface area contributed by atoms with Gasteiger partial charge in [0.15, 0.2) is 0 Å². The normalized spacial score (nSPS) is 33.0. The highest BCUT2D eigenvalue weighted by Crippen LogP contribution is 2.39. The van der Waals surface area contributed by atoms with Crippen LogP contribution in [-0.4, -0.2) is 38.1 Å². The van der Waals surface area contributed by atoms with Crippen LogP contribution in [0.3, 0.4) is 0 Å². The Balaban J connectivity index is 1.80. The van der Waals surface area contributed by atoms with Gasteiger partial charge in [-0.15, -0.1) is 0 Å². The second-order valence-corrected chi connectivity index (χ2v) is 6.27. The SMILES string of the molecule is CCC1(CN(C)CC2CC2C)CCNCC1. The molecule has 1 heterocycles. The minimum Gasteiger partial charge on any atom is -0.317 e. The number of hydrogen-bond donors (Lipinski definition) is 1. The summed E-state index contributed by atoms with van der Waals surface area (Å²) in [5, 5.41) is 3.49. The number of hydrogen-bond acceptors (Lipinski definition) is 2. The van der Waals surface area contributed by atoms with Gasteiger partial charge in [0.25, 0.3) is 0 Å². The lowest BCUT2D eigenvalue weighted by Gasteiger charge is -2.40. The van der Waals surface area contributed by atoms with E-state index in [0.717, 1.165) is 11.8 Å². The van der Waals surface area contributed by atoms with Crippen molar-refractivity contribution < 1.29 is 0 Å². The fourth-order valence-electron chi connectivity index (χ4n) is 3.27. The maximum absolute atomic E-state index is 3.49. The third-order valence-corrected chi connectivity index (χ3v) is 4.84. The smallest absolute Gasteiger partial charge is 0.00359 e. The highest BCUT2D eigenvalue weighted by atomic mass is 15.1. The molecular weight excluding hydrogens is 196 g/mol. The van der Waals surface area contributed by atoms with Crippen LogP contribution < -0.4 is 5.32 Å². The largest absolute Gasteiger partial charge is 0.317 e. The monoisotopic (exact) mass is 224 g/mol. The fourth-order valence-corrected chi connectivity index (χ4v) is 3.27. The predicted molar refractivity (Wildman–Crippen MR) is 69.6 cm³/mol. The van der Waals surface area contributed by atoms with Crippen molar-refractivity contribution in [3.8, 4) is 0 Å². The standard InChI is InChI=1S/C14H28N2/c1-4-14(5-7-15-8-6-14)11-16(3)10-13-9-12(13)2/h12-13,15H,4-11H2,1-3H3. The molecule has 1 aliphatic heterocycles. The first-order valence-corrected chi connectivity index (χ1v) is 7.04. The van der Waals surface area contributed by atoms with Gasteiger partial charge in [0.1, 0.15) is 0 Å². The van der Waals surface area contributed by atoms with Crippen molar-refractivity contribution >= 4 is 0 Å². The molecule has 2 atom stereocenters. The molecule has 0 aromatic carbocycles. The lowest BCUT2D eigenvalue weighted by atomic mass is 9.76. The molecule has 2 heteroatoms. The van der Waals surface area contributed by atoms with Gasteiger partial charge in [-0.05, 0) is 63.1 Å². The Labute approximate surface area is 101 Å². The van der Waals surface area contributed by atoms with E-state index in [1.54, 1.807) is 0 Å². The molecule has 0 amide bonds. The van der Waals surface area contributed by atoms with Crippen molar-refractivity contribution in [2.75, 3.05) is 33.2 Å². The van der Waals surface area contributed by atoms with Crippen molar-refractivity contribution in [1.82, 2.24) is 10.2 Å². The molecule has 2 rings (SSSR count). The number of nitrogens with zero attached hydrogens (tertiary/aromatic N) is 1. The molecule has 0 spiro atoms. The zero-order chi connectivity index (χ0) is 11.6. The number of piperidine rings is 1. The summed E-state index contributed by atoms with van der Waals surface area (Å²) in [5.74, 6) is 1.99. The molecule has 94 valence electrons. The van der Waals surface area contributed by atoms with Crippen LogP contribution in [0.4, 0.5) is 0 Å². The van der Waals surface area contributed by atoms with Gasteiger partial charge in [0.05, 0.1) is 0 Å². The topological polar surface area (TPSA) is 15.3 Å². The van der Waals surface area contributed by atoms with E-state index < -0.39 is 0 Å². The first-order valence-electron chi connectivity index (χ1n) is 7.04. The van der Waals surface area contributed by atoms with E-state index in [1.165, 1.54) is 51.9 Å². The van der Waals surface area contributed by atoms with E-state index in [9.17, 15) is 0 Å². The van der Waals surface area contributed by atoms with Gasteiger partial charge in [-0.25, -0.2) is 0 Å². The summed E-state index contributed by atoms with van der Waals surface area (Å²) in [6.45, 7) is 9.85. The van der Waals surface area contributed by atoms with Crippen molar-refractivity contribution in [3.63, 3.8) is 0 Å². The highest BCUT2D eigenvalue weighted by molar-refractivity contribution is 4.89. The zero-order valence-corrected chi connectivity index (χ0v) is 11.3. The fraction of sp³-hybridized carbons (Fsp3) is 1.00. The van der Waals surface area contributed by atoms with Gasteiger partial charge in [0.2, 0.25) is 0 Å². The Morgan fingerprint density at radius 2 is 1.94 bits per heavy atom. The van der Waals surface area contributed by atoms with E-state index in [2.05, 4.69) is 31.1 Å². The molecule has 2 nitrogen and oxygen atoms in total. The molecule has 0 aromatic heterocycles. The van der Waals surface area contributed by atoms with Gasteiger partial charge >= 0.3 is 0 Å². The summed E-state index contributed by atoms with van der Waals surface area (Å²) in [5.41, 5.74) is 0.609. The van der Waals surface area contributed by atoms with Crippen molar-refractivity contribution in [3.05, 3.63) is 0 Å². The average molecular weight is 224 g/mol. The van der Waals surface area contributed by atoms with E-state index in [1.807, 2.05) is 0 Å². The summed E-state index contributed by atoms with van der Waals surface area (Å²) < 4.78 is 0. The lowest BCUT2D eigenvalue weighted by molar-refractivity contribution is 0.119. The Bertz CT molecular complexity index is 221. The Hall–Kier alpha value is -0.0800. The molecule has 0 radical (unpaired) electrons. The molecule has 0 bridgehead atoms. The second kappa shape index (κ2) is 5.05. The van der Waals surface area contributed by atoms with Crippen LogP contribution in [0.25, 0.3) is 0 Å². The second-order valence-electron chi connectivity index (χ2n) is 6.27. The van der Waals surface area contributed by atoms with Crippen molar-refractivity contribution in [2.24, 2.45) is 17.3 Å². The molecule has 1 saturated heterocycles. The summed E-state index contributed by atoms with van der Waals surface area (Å²) in [6.07, 6.45) is 5.55. The van der Waals surface area contributed by atoms with Gasteiger partial charge in [-0.3, -0.25) is 0 Å². The van der Waals surface area contributed by atoms with E-state index in [4.69, 9.17) is 0 Å². The van der Waals surface area contributed by atoms with Crippen LogP contribution in [0.1, 0.15) is 39.5 Å². The Morgan fingerprint density at radius 3 is 2.44 bits per heavy atom. The van der Waals surface area contributed by atoms with Gasteiger partial charge in [0, 0.05) is 13.1 Å². The summed E-state index contributed by atoms with van der Waals surface area (Å²) >= 11 is 0. The molecular formula is C14H28N2. The molecule has 2 fully saturated rings. The predicted octanol–water partition coefficient (Wildman–Crippen LogP) is 2.35. The van der Waals surface area contributed by atoms with Crippen molar-refractivity contribution in [1.29, 1.82) is 0 Å². The third kappa shape index (κ3) is 2.98. The van der Waals surface area contributed by atoms with Crippen LogP contribution in [0.5, 0.6) is 0 Å². The molecule has 2 unspecified atom stereocenters. The van der Waals surface area contributed by atoms with E-state index in [0.29, 0.717) is 5.41 Å². The zero-order valence-electron chi connectivity index (χ0n) is 11.3. The molecule has 0 aromatic rings. The molecule has 1 saturated carbocycles. The van der Waals surface area contributed by atoms with Gasteiger partial charge in [-0.1, -0.05) is 13.8 Å². The van der Waals surface area contributed by atoms with Crippen LogP contribution >= 0.6 is 0 Å². The lowest BCUT2D eigenvalue weighted by Crippen LogP contribution is -2.43. The maximum atomic E-state index is 3.49. The maximum Gasteiger partial charge on any atom is 0.00359 e. The Kier molecular flexibility index (Phi) is 3.91. The van der Waals surface area contributed by atoms with Crippen LogP contribution in [0.15, 0.2) is 0 Å². The quantitative estimate of drug-likeness (QED) is 0.771. The first-order chi connectivity index (χ1) is 7.65. The first kappa shape index (κ1) is 12.4. The molecule has 16 heavy (non-hydrogen) atoms. The van der Waals surface area contributed by atoms with Gasteiger partial charge < -0.3 is 10.2 Å². The average Bonchev–Trinajstić information content (AvgIpc) is 2.95. The molecule has 1 N–H and O–H groups in total. The molecule has 2 aliphatic rings.